The van der Waals surface area contributed by atoms with E-state index in [2.05, 4.69) is 10.3 Å². The van der Waals surface area contributed by atoms with E-state index in [1.807, 2.05) is 0 Å². The number of aliphatic hydroxyl groups excluding tert-OH is 1. The van der Waals surface area contributed by atoms with Crippen LogP contribution in [0.4, 0.5) is 13.2 Å². The number of amides is 1. The summed E-state index contributed by atoms with van der Waals surface area (Å²) in [5, 5.41) is 12.0. The van der Waals surface area contributed by atoms with Crippen LogP contribution in [0.2, 0.25) is 0 Å². The number of ether oxygens (including phenoxy) is 2. The van der Waals surface area contributed by atoms with Gasteiger partial charge in [0.05, 0.1) is 5.56 Å². The number of rotatable bonds is 7. The van der Waals surface area contributed by atoms with E-state index in [1.165, 1.54) is 12.1 Å². The average molecular weight is 489 g/mol. The van der Waals surface area contributed by atoms with Gasteiger partial charge in [-0.25, -0.2) is 4.98 Å². The van der Waals surface area contributed by atoms with Gasteiger partial charge in [0.2, 0.25) is 12.7 Å². The Bertz CT molecular complexity index is 1300. The molecule has 1 aromatic heterocycles. The molecular weight excluding hydrogens is 467 g/mol. The monoisotopic (exact) mass is 489 g/mol. The standard InChI is InChI=1S/C24H22F3N3O5/c1-14-18(8-9-31)23(33)30(22(29-14)16-3-5-17(6-4-16)24(25,26)27)12-21(32)28-11-15-2-7-19-20(10-15)35-13-34-19/h2-7,10,31H,8-9,11-13H2,1H3,(H,28,32). The van der Waals surface area contributed by atoms with Gasteiger partial charge in [0.1, 0.15) is 12.4 Å². The van der Waals surface area contributed by atoms with Crippen molar-refractivity contribution in [1.29, 1.82) is 0 Å². The summed E-state index contributed by atoms with van der Waals surface area (Å²) in [6, 6.07) is 9.41. The molecule has 0 spiro atoms. The maximum atomic E-state index is 13.2. The van der Waals surface area contributed by atoms with Gasteiger partial charge in [-0.1, -0.05) is 18.2 Å². The number of fused-ring (bicyclic) bond motifs is 1. The van der Waals surface area contributed by atoms with Crippen molar-refractivity contribution in [2.24, 2.45) is 0 Å². The van der Waals surface area contributed by atoms with Crippen molar-refractivity contribution in [2.75, 3.05) is 13.4 Å². The van der Waals surface area contributed by atoms with Crippen LogP contribution in [0.25, 0.3) is 11.4 Å². The lowest BCUT2D eigenvalue weighted by atomic mass is 10.1. The molecule has 0 saturated carbocycles. The molecule has 4 rings (SSSR count). The number of carbonyl (C=O) groups excluding carboxylic acids is 1. The SMILES string of the molecule is Cc1nc(-c2ccc(C(F)(F)F)cc2)n(CC(=O)NCc2ccc3c(c2)OCO3)c(=O)c1CCO. The van der Waals surface area contributed by atoms with E-state index in [0.29, 0.717) is 17.2 Å². The Kier molecular flexibility index (Phi) is 6.79. The van der Waals surface area contributed by atoms with Crippen LogP contribution in [-0.4, -0.2) is 34.0 Å². The van der Waals surface area contributed by atoms with Crippen LogP contribution in [0, 0.1) is 6.92 Å². The molecule has 0 atom stereocenters. The lowest BCUT2D eigenvalue weighted by molar-refractivity contribution is -0.137. The zero-order chi connectivity index (χ0) is 25.2. The lowest BCUT2D eigenvalue weighted by Crippen LogP contribution is -2.35. The molecule has 35 heavy (non-hydrogen) atoms. The smallest absolute Gasteiger partial charge is 0.416 e. The molecule has 0 fully saturated rings. The van der Waals surface area contributed by atoms with Gasteiger partial charge in [0.15, 0.2) is 11.5 Å². The Morgan fingerprint density at radius 3 is 2.54 bits per heavy atom. The molecule has 0 aliphatic carbocycles. The lowest BCUT2D eigenvalue weighted by Gasteiger charge is -2.16. The van der Waals surface area contributed by atoms with Crippen LogP contribution in [0.5, 0.6) is 11.5 Å². The average Bonchev–Trinajstić information content (AvgIpc) is 3.29. The number of alkyl halides is 3. The summed E-state index contributed by atoms with van der Waals surface area (Å²) in [4.78, 5) is 30.3. The fourth-order valence-corrected chi connectivity index (χ4v) is 3.73. The first kappa shape index (κ1) is 24.3. The first-order valence-corrected chi connectivity index (χ1v) is 10.7. The number of carbonyl (C=O) groups is 1. The van der Waals surface area contributed by atoms with Crippen molar-refractivity contribution in [1.82, 2.24) is 14.9 Å². The van der Waals surface area contributed by atoms with E-state index < -0.39 is 29.8 Å². The highest BCUT2D eigenvalue weighted by Crippen LogP contribution is 2.32. The number of aryl methyl sites for hydroxylation is 1. The van der Waals surface area contributed by atoms with Gasteiger partial charge in [-0.15, -0.1) is 0 Å². The first-order chi connectivity index (χ1) is 16.7. The van der Waals surface area contributed by atoms with Crippen molar-refractivity contribution in [2.45, 2.75) is 32.6 Å². The molecule has 0 bridgehead atoms. The predicted octanol–water partition coefficient (Wildman–Crippen LogP) is 2.82. The molecule has 1 aliphatic heterocycles. The number of nitrogens with zero attached hydrogens (tertiary/aromatic N) is 2. The van der Waals surface area contributed by atoms with E-state index in [-0.39, 0.29) is 43.3 Å². The van der Waals surface area contributed by atoms with Crippen LogP contribution in [0.3, 0.4) is 0 Å². The fourth-order valence-electron chi connectivity index (χ4n) is 3.73. The second-order valence-corrected chi connectivity index (χ2v) is 7.90. The summed E-state index contributed by atoms with van der Waals surface area (Å²) in [5.74, 6) is 0.726. The summed E-state index contributed by atoms with van der Waals surface area (Å²) in [6.45, 7) is 1.14. The molecule has 2 N–H and O–H groups in total. The summed E-state index contributed by atoms with van der Waals surface area (Å²) < 4.78 is 50.6. The topological polar surface area (TPSA) is 103 Å². The van der Waals surface area contributed by atoms with Crippen molar-refractivity contribution in [3.05, 3.63) is 75.2 Å². The Labute approximate surface area is 197 Å². The number of aliphatic hydroxyl groups is 1. The molecule has 2 heterocycles. The molecule has 0 unspecified atom stereocenters. The Balaban J connectivity index is 1.61. The maximum Gasteiger partial charge on any atom is 0.416 e. The number of benzene rings is 2. The fraction of sp³-hybridized carbons (Fsp3) is 0.292. The normalized spacial score (nSPS) is 12.6. The second-order valence-electron chi connectivity index (χ2n) is 7.90. The Hall–Kier alpha value is -3.86. The van der Waals surface area contributed by atoms with E-state index in [0.717, 1.165) is 22.3 Å². The van der Waals surface area contributed by atoms with Crippen molar-refractivity contribution < 1.29 is 32.5 Å². The van der Waals surface area contributed by atoms with E-state index >= 15 is 0 Å². The maximum absolute atomic E-state index is 13.2. The molecule has 0 radical (unpaired) electrons. The number of nitrogens with one attached hydrogen (secondary N) is 1. The molecule has 2 aromatic carbocycles. The summed E-state index contributed by atoms with van der Waals surface area (Å²) in [7, 11) is 0. The van der Waals surface area contributed by atoms with Crippen LogP contribution in [0.1, 0.15) is 22.4 Å². The molecule has 184 valence electrons. The van der Waals surface area contributed by atoms with Gasteiger partial charge in [-0.2, -0.15) is 13.2 Å². The minimum absolute atomic E-state index is 0.0315. The molecule has 3 aromatic rings. The number of hydrogen-bond donors (Lipinski definition) is 2. The highest BCUT2D eigenvalue weighted by Gasteiger charge is 2.30. The van der Waals surface area contributed by atoms with Gasteiger partial charge in [0, 0.05) is 36.4 Å². The minimum atomic E-state index is -4.51. The van der Waals surface area contributed by atoms with E-state index in [9.17, 15) is 27.9 Å². The summed E-state index contributed by atoms with van der Waals surface area (Å²) in [6.07, 6.45) is -4.48. The molecule has 1 amide bonds. The Morgan fingerprint density at radius 1 is 1.14 bits per heavy atom. The third kappa shape index (κ3) is 5.29. The van der Waals surface area contributed by atoms with Crippen molar-refractivity contribution >= 4 is 5.91 Å². The highest BCUT2D eigenvalue weighted by atomic mass is 19.4. The van der Waals surface area contributed by atoms with Crippen molar-refractivity contribution in [3.63, 3.8) is 0 Å². The first-order valence-electron chi connectivity index (χ1n) is 10.7. The minimum Gasteiger partial charge on any atom is -0.454 e. The largest absolute Gasteiger partial charge is 0.454 e. The zero-order valence-corrected chi connectivity index (χ0v) is 18.7. The summed E-state index contributed by atoms with van der Waals surface area (Å²) in [5.41, 5.74) is 0.172. The molecular formula is C24H22F3N3O5. The summed E-state index contributed by atoms with van der Waals surface area (Å²) >= 11 is 0. The van der Waals surface area contributed by atoms with E-state index in [4.69, 9.17) is 9.47 Å². The van der Waals surface area contributed by atoms with Crippen molar-refractivity contribution in [3.8, 4) is 22.9 Å². The van der Waals surface area contributed by atoms with E-state index in [1.54, 1.807) is 25.1 Å². The Morgan fingerprint density at radius 2 is 1.86 bits per heavy atom. The number of halogens is 3. The molecule has 11 heteroatoms. The van der Waals surface area contributed by atoms with Gasteiger partial charge in [-0.3, -0.25) is 14.2 Å². The third-order valence-electron chi connectivity index (χ3n) is 5.53. The van der Waals surface area contributed by atoms with Crippen LogP contribution in [0.15, 0.2) is 47.3 Å². The van der Waals surface area contributed by atoms with Gasteiger partial charge in [0.25, 0.3) is 5.56 Å². The second kappa shape index (κ2) is 9.79. The quantitative estimate of drug-likeness (QED) is 0.529. The van der Waals surface area contributed by atoms with Gasteiger partial charge < -0.3 is 19.9 Å². The van der Waals surface area contributed by atoms with Crippen LogP contribution >= 0.6 is 0 Å². The molecule has 1 aliphatic rings. The molecule has 0 saturated heterocycles. The van der Waals surface area contributed by atoms with Gasteiger partial charge in [-0.05, 0) is 36.8 Å². The van der Waals surface area contributed by atoms with Crippen LogP contribution in [-0.2, 0) is 30.5 Å². The zero-order valence-electron chi connectivity index (χ0n) is 18.7. The molecule has 8 nitrogen and oxygen atoms in total. The highest BCUT2D eigenvalue weighted by molar-refractivity contribution is 5.76. The number of hydrogen-bond acceptors (Lipinski definition) is 6. The van der Waals surface area contributed by atoms with Crippen LogP contribution < -0.4 is 20.3 Å². The predicted molar refractivity (Wildman–Crippen MR) is 119 cm³/mol. The third-order valence-corrected chi connectivity index (χ3v) is 5.53. The van der Waals surface area contributed by atoms with Gasteiger partial charge >= 0.3 is 6.18 Å². The number of aromatic nitrogens is 2.